The van der Waals surface area contributed by atoms with Crippen LogP contribution in [0.15, 0.2) is 12.2 Å². The molecule has 1 unspecified atom stereocenters. The molecule has 0 rings (SSSR count). The molecule has 0 aliphatic heterocycles. The van der Waals surface area contributed by atoms with Gasteiger partial charge in [0.15, 0.2) is 0 Å². The van der Waals surface area contributed by atoms with Crippen LogP contribution in [-0.4, -0.2) is 158 Å². The Morgan fingerprint density at radius 3 is 1.90 bits per heavy atom. The topological polar surface area (TPSA) is 210 Å². The summed E-state index contributed by atoms with van der Waals surface area (Å²) in [4.78, 5) is 97.2. The molecule has 9 amide bonds. The normalized spacial score (nSPS) is 13.7. The summed E-state index contributed by atoms with van der Waals surface area (Å²) >= 11 is 0. The summed E-state index contributed by atoms with van der Waals surface area (Å²) in [6, 6.07) is -6.79. The first-order valence-electron chi connectivity index (χ1n) is 17.5. The second-order valence-corrected chi connectivity index (χ2v) is 14.2. The molecule has 0 fully saturated rings. The maximum absolute atomic E-state index is 14.0. The van der Waals surface area contributed by atoms with Crippen molar-refractivity contribution in [3.8, 4) is 0 Å². The van der Waals surface area contributed by atoms with Crippen LogP contribution in [0.25, 0.3) is 0 Å². The number of nitrogens with zero attached hydrogens (tertiary/aromatic N) is 4. The maximum atomic E-state index is 14.0. The summed E-state index contributed by atoms with van der Waals surface area (Å²) < 4.78 is 5.80. The molecule has 0 saturated heterocycles. The number of hydrogen-bond acceptors (Lipinski definition) is 10. The second-order valence-electron chi connectivity index (χ2n) is 14.2. The Hall–Kier alpha value is -4.09. The average Bonchev–Trinajstić information content (AvgIpc) is 3.04. The first-order chi connectivity index (χ1) is 24.0. The number of rotatable bonds is 21. The minimum atomic E-state index is -1.48. The van der Waals surface area contributed by atoms with E-state index < -0.39 is 65.5 Å². The fourth-order valence-electron chi connectivity index (χ4n) is 4.88. The summed E-state index contributed by atoms with van der Waals surface area (Å²) in [5, 5.41) is 19.8. The van der Waals surface area contributed by atoms with Crippen LogP contribution in [0.1, 0.15) is 73.6 Å². The third kappa shape index (κ3) is 17.0. The minimum Gasteiger partial charge on any atom is -0.390 e. The molecule has 17 heteroatoms. The molecule has 17 nitrogen and oxygen atoms in total. The zero-order valence-electron chi connectivity index (χ0n) is 33.3. The molecule has 0 aromatic heterocycles. The van der Waals surface area contributed by atoms with Crippen molar-refractivity contribution in [1.82, 2.24) is 40.9 Å². The van der Waals surface area contributed by atoms with Crippen LogP contribution in [0.3, 0.4) is 0 Å². The zero-order valence-corrected chi connectivity index (χ0v) is 33.3. The van der Waals surface area contributed by atoms with Gasteiger partial charge in [-0.2, -0.15) is 0 Å². The Bertz CT molecular complexity index is 1250. The van der Waals surface area contributed by atoms with Crippen molar-refractivity contribution in [2.24, 2.45) is 5.92 Å². The van der Waals surface area contributed by atoms with E-state index in [1.165, 1.54) is 53.9 Å². The number of urea groups is 2. The fraction of sp³-hybridized carbons (Fsp3) is 0.743. The Balaban J connectivity index is 6.33. The molecule has 0 saturated carbocycles. The number of imide groups is 2. The first-order valence-corrected chi connectivity index (χ1v) is 17.5. The van der Waals surface area contributed by atoms with Crippen LogP contribution in [0.4, 0.5) is 9.59 Å². The Morgan fingerprint density at radius 2 is 1.40 bits per heavy atom. The highest BCUT2D eigenvalue weighted by molar-refractivity contribution is 6.03. The molecule has 0 aromatic carbocycles. The van der Waals surface area contributed by atoms with Gasteiger partial charge in [-0.25, -0.2) is 9.59 Å². The standard InChI is InChI=1S/C35H64N8O9/c1-14-16-28(44)41(11)27(21-52-18-15-17-40(9)10)32(48)42(12)26(20-35(6,7)51)31(47)39-34(50)43(13)25(19-23(4)22(2)3)30(46)38-33(49)37-24(5)29(45)36-8/h22,24-27,51H,4,14-21H2,1-3,5-13H3,(H,36,45)(H,39,47,50)(H2,37,38,46,49)/t24?,25-,26-,27+/m0/s1. The van der Waals surface area contributed by atoms with Gasteiger partial charge in [0, 0.05) is 47.6 Å². The molecule has 0 aliphatic rings. The van der Waals surface area contributed by atoms with Crippen molar-refractivity contribution >= 4 is 41.6 Å². The highest BCUT2D eigenvalue weighted by Gasteiger charge is 2.39. The van der Waals surface area contributed by atoms with E-state index in [1.807, 2.05) is 39.8 Å². The monoisotopic (exact) mass is 740 g/mol. The first kappa shape index (κ1) is 47.9. The Labute approximate surface area is 309 Å². The third-order valence-corrected chi connectivity index (χ3v) is 8.41. The molecule has 0 spiro atoms. The summed E-state index contributed by atoms with van der Waals surface area (Å²) in [7, 11) is 9.30. The maximum Gasteiger partial charge on any atom is 0.324 e. The molecule has 0 aliphatic carbocycles. The predicted molar refractivity (Wildman–Crippen MR) is 197 cm³/mol. The second kappa shape index (κ2) is 22.8. The van der Waals surface area contributed by atoms with Crippen molar-refractivity contribution in [2.45, 2.75) is 103 Å². The quantitative estimate of drug-likeness (QED) is 0.0821. The van der Waals surface area contributed by atoms with E-state index in [-0.39, 0.29) is 37.7 Å². The van der Waals surface area contributed by atoms with Crippen LogP contribution >= 0.6 is 0 Å². The Morgan fingerprint density at radius 1 is 0.827 bits per heavy atom. The van der Waals surface area contributed by atoms with Gasteiger partial charge < -0.3 is 40.1 Å². The lowest BCUT2D eigenvalue weighted by Gasteiger charge is -2.36. The van der Waals surface area contributed by atoms with Crippen LogP contribution in [0.5, 0.6) is 0 Å². The molecule has 298 valence electrons. The van der Waals surface area contributed by atoms with E-state index in [1.54, 1.807) is 0 Å². The molecule has 0 bridgehead atoms. The lowest BCUT2D eigenvalue weighted by atomic mass is 9.96. The van der Waals surface area contributed by atoms with Gasteiger partial charge >= 0.3 is 12.1 Å². The van der Waals surface area contributed by atoms with Gasteiger partial charge in [-0.1, -0.05) is 32.9 Å². The number of aliphatic hydroxyl groups is 1. The van der Waals surface area contributed by atoms with Crippen LogP contribution < -0.4 is 21.3 Å². The lowest BCUT2D eigenvalue weighted by molar-refractivity contribution is -0.151. The number of carbonyl (C=O) groups excluding carboxylic acids is 7. The van der Waals surface area contributed by atoms with Crippen molar-refractivity contribution in [3.05, 3.63) is 12.2 Å². The molecule has 0 radical (unpaired) electrons. The van der Waals surface area contributed by atoms with Crippen LogP contribution in [0, 0.1) is 5.92 Å². The minimum absolute atomic E-state index is 0.0697. The van der Waals surface area contributed by atoms with Gasteiger partial charge in [-0.05, 0) is 66.6 Å². The zero-order chi connectivity index (χ0) is 40.5. The number of amides is 9. The average molecular weight is 741 g/mol. The van der Waals surface area contributed by atoms with E-state index in [9.17, 15) is 38.7 Å². The number of hydrogen-bond donors (Lipinski definition) is 5. The summed E-state index contributed by atoms with van der Waals surface area (Å²) in [6.07, 6.45) is 1.05. The Kier molecular flexibility index (Phi) is 21.0. The van der Waals surface area contributed by atoms with E-state index >= 15 is 0 Å². The van der Waals surface area contributed by atoms with E-state index in [2.05, 4.69) is 27.8 Å². The van der Waals surface area contributed by atoms with E-state index in [4.69, 9.17) is 4.74 Å². The van der Waals surface area contributed by atoms with Gasteiger partial charge in [0.2, 0.25) is 17.7 Å². The number of carbonyl (C=O) groups is 7. The smallest absolute Gasteiger partial charge is 0.324 e. The van der Waals surface area contributed by atoms with Gasteiger partial charge in [0.25, 0.3) is 11.8 Å². The van der Waals surface area contributed by atoms with Gasteiger partial charge in [-0.3, -0.25) is 34.6 Å². The molecule has 4 atom stereocenters. The lowest BCUT2D eigenvalue weighted by Crippen LogP contribution is -2.60. The van der Waals surface area contributed by atoms with Crippen LogP contribution in [-0.2, 0) is 28.7 Å². The molecule has 0 aromatic rings. The third-order valence-electron chi connectivity index (χ3n) is 8.41. The molecular formula is C35H64N8O9. The van der Waals surface area contributed by atoms with Crippen molar-refractivity contribution in [3.63, 3.8) is 0 Å². The molecular weight excluding hydrogens is 676 g/mol. The number of likely N-dealkylation sites (N-methyl/N-ethyl adjacent to an activating group) is 4. The molecule has 52 heavy (non-hydrogen) atoms. The van der Waals surface area contributed by atoms with Crippen molar-refractivity contribution in [1.29, 1.82) is 0 Å². The van der Waals surface area contributed by atoms with Gasteiger partial charge in [-0.15, -0.1) is 0 Å². The highest BCUT2D eigenvalue weighted by atomic mass is 16.5. The van der Waals surface area contributed by atoms with Crippen molar-refractivity contribution in [2.75, 3.05) is 62.0 Å². The van der Waals surface area contributed by atoms with E-state index in [0.29, 0.717) is 25.0 Å². The van der Waals surface area contributed by atoms with Crippen molar-refractivity contribution < 1.29 is 43.4 Å². The summed E-state index contributed by atoms with van der Waals surface area (Å²) in [5.74, 6) is -3.39. The predicted octanol–water partition coefficient (Wildman–Crippen LogP) is 0.669. The highest BCUT2D eigenvalue weighted by Crippen LogP contribution is 2.20. The number of ether oxygens (including phenoxy) is 1. The summed E-state index contributed by atoms with van der Waals surface area (Å²) in [6.45, 7) is 14.7. The van der Waals surface area contributed by atoms with E-state index in [0.717, 1.165) is 16.3 Å². The van der Waals surface area contributed by atoms with Crippen LogP contribution in [0.2, 0.25) is 0 Å². The number of nitrogens with one attached hydrogen (secondary N) is 4. The summed E-state index contributed by atoms with van der Waals surface area (Å²) in [5.41, 5.74) is -0.906. The SMILES string of the molecule is C=C(C[C@@H](C(=O)NC(=O)NC(C)C(=O)NC)N(C)C(=O)NC(=O)[C@H](CC(C)(C)O)N(C)C(=O)[C@@H](COCCCN(C)C)N(C)C(=O)CCC)C(C)C. The molecule has 5 N–H and O–H groups in total. The fourth-order valence-corrected chi connectivity index (χ4v) is 4.88. The van der Waals surface area contributed by atoms with Gasteiger partial charge in [0.05, 0.1) is 12.2 Å². The largest absolute Gasteiger partial charge is 0.390 e. The van der Waals surface area contributed by atoms with Gasteiger partial charge in [0.1, 0.15) is 24.2 Å². The molecule has 0 heterocycles.